The number of aromatic nitrogens is 3. The molecule has 0 fully saturated rings. The lowest BCUT2D eigenvalue weighted by molar-refractivity contribution is -0.155. The molecule has 0 bridgehead atoms. The number of Topliss-reactive ketones (excluding diaryl/α,β-unsaturated/α-hetero) is 1. The van der Waals surface area contributed by atoms with E-state index < -0.39 is 5.60 Å². The highest BCUT2D eigenvalue weighted by molar-refractivity contribution is 7.15. The van der Waals surface area contributed by atoms with Crippen LogP contribution in [0.25, 0.3) is 21.5 Å². The second-order valence-corrected chi connectivity index (χ2v) is 9.56. The maximum atomic E-state index is 12.3. The summed E-state index contributed by atoms with van der Waals surface area (Å²) in [4.78, 5) is 30.7. The van der Waals surface area contributed by atoms with Crippen molar-refractivity contribution in [3.05, 3.63) is 34.5 Å². The van der Waals surface area contributed by atoms with Gasteiger partial charge in [0.25, 0.3) is 0 Å². The predicted octanol–water partition coefficient (Wildman–Crippen LogP) is 4.58. The molecule has 6 nitrogen and oxygen atoms in total. The summed E-state index contributed by atoms with van der Waals surface area (Å²) < 4.78 is 6.96. The van der Waals surface area contributed by atoms with E-state index in [-0.39, 0.29) is 18.3 Å². The Morgan fingerprint density at radius 3 is 2.66 bits per heavy atom. The number of rotatable bonds is 4. The molecule has 152 valence electrons. The number of aryl methyl sites for hydroxylation is 2. The first-order chi connectivity index (χ1) is 13.7. The fourth-order valence-electron chi connectivity index (χ4n) is 3.66. The maximum absolute atomic E-state index is 12.3. The van der Waals surface area contributed by atoms with Crippen LogP contribution < -0.4 is 0 Å². The Labute approximate surface area is 173 Å². The standard InChI is InChI=1S/C22H25N3O3S/c1-13(26)20-15-11-14(21-23-16-7-5-6-8-18(16)29-21)9-10-17(15)25(24-20)12-19(27)28-22(2,3)4/h9-11H,5-8,12H2,1-4H3. The number of ether oxygens (including phenoxy) is 1. The first-order valence-corrected chi connectivity index (χ1v) is 10.8. The molecule has 0 N–H and O–H groups in total. The number of nitrogens with zero attached hydrogens (tertiary/aromatic N) is 3. The van der Waals surface area contributed by atoms with E-state index in [9.17, 15) is 9.59 Å². The Morgan fingerprint density at radius 2 is 1.97 bits per heavy atom. The highest BCUT2D eigenvalue weighted by atomic mass is 32.1. The molecule has 0 spiro atoms. The van der Waals surface area contributed by atoms with E-state index in [1.54, 1.807) is 16.0 Å². The van der Waals surface area contributed by atoms with E-state index in [1.165, 1.54) is 30.3 Å². The van der Waals surface area contributed by atoms with Crippen LogP contribution in [0.3, 0.4) is 0 Å². The lowest BCUT2D eigenvalue weighted by Crippen LogP contribution is -2.26. The summed E-state index contributed by atoms with van der Waals surface area (Å²) in [6.07, 6.45) is 4.56. The first-order valence-electron chi connectivity index (χ1n) is 9.93. The van der Waals surface area contributed by atoms with Gasteiger partial charge >= 0.3 is 5.97 Å². The average Bonchev–Trinajstić information content (AvgIpc) is 3.21. The van der Waals surface area contributed by atoms with Crippen LogP contribution >= 0.6 is 11.3 Å². The van der Waals surface area contributed by atoms with Gasteiger partial charge in [-0.2, -0.15) is 5.10 Å². The van der Waals surface area contributed by atoms with E-state index in [4.69, 9.17) is 9.72 Å². The number of hydrogen-bond donors (Lipinski definition) is 0. The summed E-state index contributed by atoms with van der Waals surface area (Å²) in [6, 6.07) is 5.87. The molecule has 0 saturated carbocycles. The summed E-state index contributed by atoms with van der Waals surface area (Å²) >= 11 is 1.74. The molecule has 0 unspecified atom stereocenters. The molecular formula is C22H25N3O3S. The third kappa shape index (κ3) is 4.10. The van der Waals surface area contributed by atoms with Gasteiger partial charge in [-0.3, -0.25) is 14.3 Å². The zero-order valence-corrected chi connectivity index (χ0v) is 18.1. The number of benzene rings is 1. The van der Waals surface area contributed by atoms with Crippen molar-refractivity contribution in [3.63, 3.8) is 0 Å². The number of carbonyl (C=O) groups excluding carboxylic acids is 2. The van der Waals surface area contributed by atoms with E-state index >= 15 is 0 Å². The number of thiazole rings is 1. The van der Waals surface area contributed by atoms with Gasteiger partial charge in [-0.1, -0.05) is 0 Å². The molecule has 0 amide bonds. The lowest BCUT2D eigenvalue weighted by Gasteiger charge is -2.19. The molecule has 2 heterocycles. The Hall–Kier alpha value is -2.54. The predicted molar refractivity (Wildman–Crippen MR) is 113 cm³/mol. The van der Waals surface area contributed by atoms with Gasteiger partial charge in [-0.05, 0) is 64.7 Å². The Kier molecular flexibility index (Phi) is 5.02. The van der Waals surface area contributed by atoms with Crippen molar-refractivity contribution in [3.8, 4) is 10.6 Å². The Morgan fingerprint density at radius 1 is 1.21 bits per heavy atom. The zero-order chi connectivity index (χ0) is 20.8. The Bertz CT molecular complexity index is 1080. The first kappa shape index (κ1) is 19.8. The summed E-state index contributed by atoms with van der Waals surface area (Å²) in [5, 5.41) is 6.13. The van der Waals surface area contributed by atoms with Gasteiger partial charge in [0, 0.05) is 22.8 Å². The van der Waals surface area contributed by atoms with Crippen LogP contribution in [0.5, 0.6) is 0 Å². The second kappa shape index (κ2) is 7.37. The molecule has 7 heteroatoms. The van der Waals surface area contributed by atoms with Crippen molar-refractivity contribution < 1.29 is 14.3 Å². The van der Waals surface area contributed by atoms with Gasteiger partial charge in [-0.25, -0.2) is 4.98 Å². The minimum atomic E-state index is -0.569. The van der Waals surface area contributed by atoms with Crippen LogP contribution in [0.2, 0.25) is 0 Å². The SMILES string of the molecule is CC(=O)c1nn(CC(=O)OC(C)(C)C)c2ccc(-c3nc4c(s3)CCCC4)cc12. The van der Waals surface area contributed by atoms with E-state index in [2.05, 4.69) is 5.10 Å². The van der Waals surface area contributed by atoms with Crippen molar-refractivity contribution in [2.45, 2.75) is 65.5 Å². The largest absolute Gasteiger partial charge is 0.459 e. The monoisotopic (exact) mass is 411 g/mol. The number of ketones is 1. The normalized spacial score (nSPS) is 14.1. The van der Waals surface area contributed by atoms with Gasteiger partial charge in [-0.15, -0.1) is 11.3 Å². The van der Waals surface area contributed by atoms with Crippen LogP contribution in [-0.4, -0.2) is 32.1 Å². The van der Waals surface area contributed by atoms with Gasteiger partial charge < -0.3 is 4.74 Å². The molecule has 2 aromatic heterocycles. The zero-order valence-electron chi connectivity index (χ0n) is 17.2. The topological polar surface area (TPSA) is 74.1 Å². The van der Waals surface area contributed by atoms with Gasteiger partial charge in [0.05, 0.1) is 11.2 Å². The molecule has 0 atom stereocenters. The number of fused-ring (bicyclic) bond motifs is 2. The minimum Gasteiger partial charge on any atom is -0.459 e. The molecule has 1 aliphatic carbocycles. The Balaban J connectivity index is 1.72. The number of hydrogen-bond acceptors (Lipinski definition) is 6. The van der Waals surface area contributed by atoms with Crippen LogP contribution in [0.1, 0.15) is 61.6 Å². The third-order valence-electron chi connectivity index (χ3n) is 4.88. The van der Waals surface area contributed by atoms with Crippen LogP contribution in [0.15, 0.2) is 18.2 Å². The summed E-state index contributed by atoms with van der Waals surface area (Å²) in [7, 11) is 0. The highest BCUT2D eigenvalue weighted by Crippen LogP contribution is 2.34. The van der Waals surface area contributed by atoms with Crippen molar-refractivity contribution in [1.29, 1.82) is 0 Å². The molecule has 0 aliphatic heterocycles. The van der Waals surface area contributed by atoms with Crippen LogP contribution in [0, 0.1) is 0 Å². The van der Waals surface area contributed by atoms with E-state index in [0.717, 1.165) is 34.3 Å². The third-order valence-corrected chi connectivity index (χ3v) is 6.08. The molecule has 4 rings (SSSR count). The molecule has 0 radical (unpaired) electrons. The van der Waals surface area contributed by atoms with Crippen molar-refractivity contribution in [2.75, 3.05) is 0 Å². The molecule has 29 heavy (non-hydrogen) atoms. The fraction of sp³-hybridized carbons (Fsp3) is 0.455. The summed E-state index contributed by atoms with van der Waals surface area (Å²) in [6.45, 7) is 6.94. The smallest absolute Gasteiger partial charge is 0.328 e. The fourth-order valence-corrected chi connectivity index (χ4v) is 4.81. The maximum Gasteiger partial charge on any atom is 0.328 e. The molecular weight excluding hydrogens is 386 g/mol. The van der Waals surface area contributed by atoms with Gasteiger partial charge in [0.2, 0.25) is 0 Å². The van der Waals surface area contributed by atoms with Crippen LogP contribution in [-0.2, 0) is 28.9 Å². The van der Waals surface area contributed by atoms with Crippen LogP contribution in [0.4, 0.5) is 0 Å². The van der Waals surface area contributed by atoms with E-state index in [1.807, 2.05) is 39.0 Å². The summed E-state index contributed by atoms with van der Waals surface area (Å²) in [5.74, 6) is -0.512. The van der Waals surface area contributed by atoms with Crippen molar-refractivity contribution in [1.82, 2.24) is 14.8 Å². The molecule has 1 aromatic carbocycles. The average molecular weight is 412 g/mol. The molecule has 1 aliphatic rings. The van der Waals surface area contributed by atoms with Gasteiger partial charge in [0.15, 0.2) is 5.78 Å². The van der Waals surface area contributed by atoms with Crippen molar-refractivity contribution in [2.24, 2.45) is 0 Å². The lowest BCUT2D eigenvalue weighted by atomic mass is 10.0. The second-order valence-electron chi connectivity index (χ2n) is 8.48. The number of carbonyl (C=O) groups is 2. The number of esters is 1. The molecule has 3 aromatic rings. The summed E-state index contributed by atoms with van der Waals surface area (Å²) in [5.41, 5.74) is 2.73. The molecule has 0 saturated heterocycles. The van der Waals surface area contributed by atoms with Crippen molar-refractivity contribution >= 4 is 34.0 Å². The minimum absolute atomic E-state index is 0.0358. The quantitative estimate of drug-likeness (QED) is 0.464. The highest BCUT2D eigenvalue weighted by Gasteiger charge is 2.22. The van der Waals surface area contributed by atoms with Gasteiger partial charge in [0.1, 0.15) is 22.8 Å². The van der Waals surface area contributed by atoms with E-state index in [0.29, 0.717) is 5.69 Å².